The fourth-order valence-corrected chi connectivity index (χ4v) is 10.2. The fraction of sp³-hybridized carbons (Fsp3) is 1.00. The number of phosphoric acid groups is 1. The lowest BCUT2D eigenvalue weighted by molar-refractivity contribution is -0.470. The average molecular weight is 1100 g/mol. The smallest absolute Gasteiger partial charge is 0.302 e. The number of phosphoric ester groups is 1. The molecule has 0 atom stereocenters. The summed E-state index contributed by atoms with van der Waals surface area (Å²) in [7, 11) is -28.1. The molecule has 65 heavy (non-hydrogen) atoms. The lowest BCUT2D eigenvalue weighted by Crippen LogP contribution is -2.86. The van der Waals surface area contributed by atoms with E-state index in [0.29, 0.717) is 0 Å². The Labute approximate surface area is 337 Å². The van der Waals surface area contributed by atoms with Gasteiger partial charge >= 0.3 is 101 Å². The summed E-state index contributed by atoms with van der Waals surface area (Å²) in [5.74, 6) is -85.9. The van der Waals surface area contributed by atoms with Crippen molar-refractivity contribution >= 4 is 27.9 Å². The van der Waals surface area contributed by atoms with Gasteiger partial charge in [-0.2, -0.15) is 123 Å². The van der Waals surface area contributed by atoms with Crippen LogP contribution in [0.15, 0.2) is 0 Å². The van der Waals surface area contributed by atoms with Crippen molar-refractivity contribution in [3.05, 3.63) is 0 Å². The minimum absolute atomic E-state index is 0.0181. The van der Waals surface area contributed by atoms with Gasteiger partial charge in [0.2, 0.25) is 0 Å². The maximum absolute atomic E-state index is 15.4. The van der Waals surface area contributed by atoms with Crippen molar-refractivity contribution in [2.45, 2.75) is 120 Å². The lowest BCUT2D eigenvalue weighted by Gasteiger charge is -2.52. The van der Waals surface area contributed by atoms with Crippen LogP contribution >= 0.6 is 7.82 Å². The largest absolute Gasteiger partial charge is 0.482 e. The molecule has 0 bridgehead atoms. The minimum atomic E-state index is -9.54. The van der Waals surface area contributed by atoms with E-state index in [9.17, 15) is 132 Å². The van der Waals surface area contributed by atoms with E-state index >= 15 is 26.3 Å². The van der Waals surface area contributed by atoms with Crippen molar-refractivity contribution in [3.63, 3.8) is 0 Å². The van der Waals surface area contributed by atoms with Crippen molar-refractivity contribution in [3.8, 4) is 0 Å². The highest BCUT2D eigenvalue weighted by molar-refractivity contribution is 7.90. The minimum Gasteiger partial charge on any atom is -0.302 e. The zero-order chi connectivity index (χ0) is 52.9. The summed E-state index contributed by atoms with van der Waals surface area (Å²) in [6.07, 6.45) is -20.4. The molecule has 0 saturated heterocycles. The Kier molecular flexibility index (Phi) is 13.5. The molecule has 2 aliphatic carbocycles. The number of alkyl halides is 30. The van der Waals surface area contributed by atoms with Crippen molar-refractivity contribution in [2.24, 2.45) is 0 Å². The zero-order valence-corrected chi connectivity index (χ0v) is 32.2. The number of halogens is 30. The number of nitrogens with zero attached hydrogens (tertiary/aromatic N) is 2. The number of hydrogen-bond acceptors (Lipinski definition) is 7. The van der Waals surface area contributed by atoms with E-state index in [4.69, 9.17) is 0 Å². The van der Waals surface area contributed by atoms with Gasteiger partial charge in [0.1, 0.15) is 0 Å². The first-order valence-corrected chi connectivity index (χ1v) is 19.6. The topological polar surface area (TPSA) is 131 Å². The number of sulfonamides is 2. The van der Waals surface area contributed by atoms with Crippen molar-refractivity contribution < 1.29 is 167 Å². The highest BCUT2D eigenvalue weighted by Crippen LogP contribution is 2.73. The highest BCUT2D eigenvalue weighted by atomic mass is 32.2. The molecular weight excluding hydrogens is 1090 g/mol. The molecule has 2 fully saturated rings. The first-order chi connectivity index (χ1) is 27.8. The second-order valence-electron chi connectivity index (χ2n) is 12.9. The van der Waals surface area contributed by atoms with Gasteiger partial charge in [0.25, 0.3) is 20.0 Å². The molecule has 0 aromatic heterocycles. The molecule has 0 heterocycles. The number of hydrogen-bond donors (Lipinski definition) is 1. The Balaban J connectivity index is 2.85. The van der Waals surface area contributed by atoms with Gasteiger partial charge in [-0.1, -0.05) is 13.8 Å². The van der Waals surface area contributed by atoms with E-state index in [1.165, 1.54) is 0 Å². The lowest BCUT2D eigenvalue weighted by atomic mass is 9.80. The molecule has 43 heteroatoms. The fourth-order valence-electron chi connectivity index (χ4n) is 5.27. The monoisotopic (exact) mass is 1100 g/mol. The molecule has 0 aliphatic heterocycles. The second-order valence-corrected chi connectivity index (χ2v) is 18.1. The second kappa shape index (κ2) is 14.9. The van der Waals surface area contributed by atoms with Gasteiger partial charge in [0, 0.05) is 13.1 Å². The molecule has 0 amide bonds. The first-order valence-electron chi connectivity index (χ1n) is 15.3. The van der Waals surface area contributed by atoms with Gasteiger partial charge in [-0.3, -0.25) is 0 Å². The van der Waals surface area contributed by atoms with Crippen LogP contribution in [0.1, 0.15) is 26.7 Å². The molecule has 0 spiro atoms. The molecule has 2 rings (SSSR count). The van der Waals surface area contributed by atoms with Crippen LogP contribution in [0.2, 0.25) is 0 Å². The highest BCUT2D eigenvalue weighted by Gasteiger charge is 3.06. The van der Waals surface area contributed by atoms with E-state index in [-0.39, 0.29) is 13.8 Å². The standard InChI is InChI=1S/C22H15F30N2O8PS2/c1-3-5-53(64(57,58)17(43)13(35,36)9(27,28)7(23,24)10(29,30)14(17,37)38)19(45,46)21(49,50)61-63(55,56)62-22(51,52)20(47,48)54(6-4-2)65(59,60)18(44)15(39,40)11(31,32)8(25,26)12(33,34)16(18,41)42/h3-6H2,1-2H3,(H,55,56). The third-order valence-electron chi connectivity index (χ3n) is 8.70. The molecule has 2 aliphatic rings. The van der Waals surface area contributed by atoms with E-state index in [0.717, 1.165) is 0 Å². The predicted molar refractivity (Wildman–Crippen MR) is 141 cm³/mol. The predicted octanol–water partition coefficient (Wildman–Crippen LogP) is 9.29. The Morgan fingerprint density at radius 1 is 0.415 bits per heavy atom. The van der Waals surface area contributed by atoms with Gasteiger partial charge in [-0.15, -0.1) is 8.61 Å². The van der Waals surface area contributed by atoms with Crippen LogP contribution in [-0.4, -0.2) is 137 Å². The van der Waals surface area contributed by atoms with Crippen molar-refractivity contribution in [1.82, 2.24) is 8.61 Å². The van der Waals surface area contributed by atoms with Gasteiger partial charge in [-0.05, 0) is 12.8 Å². The van der Waals surface area contributed by atoms with Crippen LogP contribution in [0.3, 0.4) is 0 Å². The summed E-state index contributed by atoms with van der Waals surface area (Å²) in [5.41, 5.74) is 0. The first kappa shape index (κ1) is 59.0. The molecule has 0 aromatic rings. The normalized spacial score (nSPS) is 26.5. The van der Waals surface area contributed by atoms with Gasteiger partial charge < -0.3 is 4.89 Å². The van der Waals surface area contributed by atoms with Gasteiger partial charge in [0.15, 0.2) is 0 Å². The van der Waals surface area contributed by atoms with Gasteiger partial charge in [0.05, 0.1) is 0 Å². The summed E-state index contributed by atoms with van der Waals surface area (Å²) >= 11 is 0. The molecule has 1 N–H and O–H groups in total. The third-order valence-corrected chi connectivity index (χ3v) is 14.1. The Morgan fingerprint density at radius 3 is 0.754 bits per heavy atom. The average Bonchev–Trinajstić information content (AvgIpc) is 3.08. The third kappa shape index (κ3) is 6.55. The van der Waals surface area contributed by atoms with Crippen molar-refractivity contribution in [2.75, 3.05) is 13.1 Å². The van der Waals surface area contributed by atoms with Gasteiger partial charge in [-0.25, -0.2) is 39.2 Å². The Hall–Kier alpha value is -2.17. The quantitative estimate of drug-likeness (QED) is 0.0921. The van der Waals surface area contributed by atoms with Crippen LogP contribution in [0.4, 0.5) is 132 Å². The maximum atomic E-state index is 15.4. The van der Waals surface area contributed by atoms with Crippen LogP contribution in [0, 0.1) is 0 Å². The van der Waals surface area contributed by atoms with Crippen molar-refractivity contribution in [1.29, 1.82) is 0 Å². The zero-order valence-electron chi connectivity index (χ0n) is 29.6. The molecule has 388 valence electrons. The summed E-state index contributed by atoms with van der Waals surface area (Å²) in [5, 5.41) is -17.6. The molecule has 0 unspecified atom stereocenters. The van der Waals surface area contributed by atoms with Crippen LogP contribution in [-0.2, 0) is 33.7 Å². The summed E-state index contributed by atoms with van der Waals surface area (Å²) in [6, 6.07) is -16.3. The van der Waals surface area contributed by atoms with E-state index in [2.05, 4.69) is 0 Å². The summed E-state index contributed by atoms with van der Waals surface area (Å²) < 4.78 is 490. The number of rotatable bonds is 16. The summed E-state index contributed by atoms with van der Waals surface area (Å²) in [6.45, 7) is -6.47. The SMILES string of the molecule is CCCN(C(F)(F)C(F)(F)OP(=O)(O)OC(F)(F)C(F)(F)N(CCC)S(=O)(=O)C1(F)C(F)(F)C(F)(F)C(F)(F)C(F)(F)C1(F)F)S(=O)(=O)C1(F)C(F)(F)C(F)(F)C(F)(F)C(F)(F)C1(F)F. The van der Waals surface area contributed by atoms with E-state index < -0.39 is 156 Å². The molecular formula is C22H15F30N2O8PS2. The van der Waals surface area contributed by atoms with Crippen LogP contribution in [0.5, 0.6) is 0 Å². The maximum Gasteiger partial charge on any atom is 0.482 e. The molecule has 0 aromatic carbocycles. The van der Waals surface area contributed by atoms with Crippen LogP contribution < -0.4 is 0 Å². The molecule has 2 saturated carbocycles. The summed E-state index contributed by atoms with van der Waals surface area (Å²) in [4.78, 5) is 9.22. The molecule has 10 nitrogen and oxygen atoms in total. The Morgan fingerprint density at radius 2 is 0.585 bits per heavy atom. The van der Waals surface area contributed by atoms with E-state index in [1.54, 1.807) is 0 Å². The Bertz CT molecular complexity index is 1930. The van der Waals surface area contributed by atoms with E-state index in [1.807, 2.05) is 9.05 Å². The molecule has 0 radical (unpaired) electrons. The van der Waals surface area contributed by atoms with Crippen LogP contribution in [0.25, 0.3) is 0 Å².